The van der Waals surface area contributed by atoms with E-state index < -0.39 is 0 Å². The zero-order valence-electron chi connectivity index (χ0n) is 16.2. The van der Waals surface area contributed by atoms with E-state index in [-0.39, 0.29) is 5.56 Å². The molecule has 2 atom stereocenters. The number of nitrogens with one attached hydrogen (secondary N) is 1. The van der Waals surface area contributed by atoms with Gasteiger partial charge in [-0.1, -0.05) is 6.07 Å². The molecule has 1 N–H and O–H groups in total. The Morgan fingerprint density at radius 2 is 2.11 bits per heavy atom. The van der Waals surface area contributed by atoms with Crippen molar-refractivity contribution in [3.8, 4) is 5.88 Å². The molecule has 1 aliphatic rings. The van der Waals surface area contributed by atoms with Gasteiger partial charge in [-0.3, -0.25) is 9.78 Å². The fourth-order valence-corrected chi connectivity index (χ4v) is 3.12. The quantitative estimate of drug-likeness (QED) is 0.660. The van der Waals surface area contributed by atoms with Crippen LogP contribution in [0.15, 0.2) is 35.4 Å². The van der Waals surface area contributed by atoms with E-state index in [1.807, 2.05) is 13.1 Å². The summed E-state index contributed by atoms with van der Waals surface area (Å²) in [6.07, 6.45) is 4.61. The molecule has 9 nitrogen and oxygen atoms in total. The van der Waals surface area contributed by atoms with Crippen LogP contribution in [0.1, 0.15) is 29.3 Å². The lowest BCUT2D eigenvalue weighted by Gasteiger charge is -2.10. The Kier molecular flexibility index (Phi) is 4.81. The lowest BCUT2D eigenvalue weighted by Crippen LogP contribution is -2.24. The molecule has 3 aromatic heterocycles. The van der Waals surface area contributed by atoms with E-state index in [4.69, 9.17) is 4.74 Å². The first-order valence-corrected chi connectivity index (χ1v) is 9.22. The molecule has 0 aliphatic heterocycles. The number of aryl methyl sites for hydroxylation is 3. The number of anilines is 1. The highest BCUT2D eigenvalue weighted by molar-refractivity contribution is 5.43. The van der Waals surface area contributed by atoms with Crippen LogP contribution in [0.4, 0.5) is 5.69 Å². The molecule has 3 heterocycles. The summed E-state index contributed by atoms with van der Waals surface area (Å²) in [7, 11) is 3.36. The summed E-state index contributed by atoms with van der Waals surface area (Å²) in [6.45, 7) is 2.98. The van der Waals surface area contributed by atoms with Crippen molar-refractivity contribution in [2.75, 3.05) is 11.9 Å². The summed E-state index contributed by atoms with van der Waals surface area (Å²) < 4.78 is 7.15. The molecule has 146 valence electrons. The lowest BCUT2D eigenvalue weighted by molar-refractivity contribution is 0.278. The van der Waals surface area contributed by atoms with Gasteiger partial charge in [0.25, 0.3) is 5.56 Å². The molecule has 3 aromatic rings. The highest BCUT2D eigenvalue weighted by Gasteiger charge is 2.40. The first-order valence-electron chi connectivity index (χ1n) is 9.22. The second kappa shape index (κ2) is 7.41. The first-order chi connectivity index (χ1) is 13.5. The molecule has 0 radical (unpaired) electrons. The number of pyridine rings is 1. The Balaban J connectivity index is 1.37. The Labute approximate surface area is 162 Å². The van der Waals surface area contributed by atoms with E-state index in [0.29, 0.717) is 36.6 Å². The Morgan fingerprint density at radius 3 is 2.82 bits per heavy atom. The summed E-state index contributed by atoms with van der Waals surface area (Å²) in [5.74, 6) is 1.28. The first kappa shape index (κ1) is 18.1. The Hall–Kier alpha value is -3.23. The van der Waals surface area contributed by atoms with Crippen LogP contribution in [0.2, 0.25) is 0 Å². The lowest BCUT2D eigenvalue weighted by atomic mass is 10.2. The molecule has 28 heavy (non-hydrogen) atoms. The van der Waals surface area contributed by atoms with Crippen LogP contribution in [0.5, 0.6) is 5.88 Å². The summed E-state index contributed by atoms with van der Waals surface area (Å²) in [6, 6.07) is 5.81. The molecule has 0 amide bonds. The third-order valence-corrected chi connectivity index (χ3v) is 4.83. The Morgan fingerprint density at radius 1 is 1.25 bits per heavy atom. The van der Waals surface area contributed by atoms with Gasteiger partial charge in [-0.25, -0.2) is 4.68 Å². The van der Waals surface area contributed by atoms with E-state index in [1.165, 1.54) is 9.48 Å². The molecule has 1 fully saturated rings. The molecule has 9 heteroatoms. The molecule has 0 unspecified atom stereocenters. The van der Waals surface area contributed by atoms with Gasteiger partial charge in [0.2, 0.25) is 5.88 Å². The minimum Gasteiger partial charge on any atom is -0.476 e. The largest absolute Gasteiger partial charge is 0.476 e. The molecule has 1 saturated carbocycles. The van der Waals surface area contributed by atoms with Crippen molar-refractivity contribution in [1.82, 2.24) is 29.8 Å². The molecule has 0 spiro atoms. The average molecular weight is 381 g/mol. The molecule has 0 saturated heterocycles. The minimum atomic E-state index is -0.218. The summed E-state index contributed by atoms with van der Waals surface area (Å²) in [4.78, 5) is 18.3. The van der Waals surface area contributed by atoms with Crippen molar-refractivity contribution in [3.05, 3.63) is 57.9 Å². The van der Waals surface area contributed by atoms with Gasteiger partial charge in [0.05, 0.1) is 19.3 Å². The normalized spacial score (nSPS) is 18.1. The van der Waals surface area contributed by atoms with Crippen molar-refractivity contribution < 1.29 is 4.74 Å². The van der Waals surface area contributed by atoms with Gasteiger partial charge >= 0.3 is 0 Å². The van der Waals surface area contributed by atoms with Gasteiger partial charge < -0.3 is 10.1 Å². The van der Waals surface area contributed by atoms with Gasteiger partial charge in [-0.05, 0) is 25.0 Å². The van der Waals surface area contributed by atoms with Gasteiger partial charge in [-0.2, -0.15) is 15.0 Å². The van der Waals surface area contributed by atoms with E-state index in [2.05, 4.69) is 37.7 Å². The summed E-state index contributed by atoms with van der Waals surface area (Å²) >= 11 is 0. The predicted octanol–water partition coefficient (Wildman–Crippen LogP) is 1.41. The minimum absolute atomic E-state index is 0.218. The highest BCUT2D eigenvalue weighted by Crippen LogP contribution is 2.46. The standard InChI is InChI=1S/C19H23N7O2/c1-12-4-5-16(20-8-12)15-6-13(15)11-28-18-7-17(19(27)25(2)24-18)21-9-14-10-22-26(3)23-14/h4-5,7-8,10,13,15,21H,6,9,11H2,1-3H3/t13-,15+/m1/s1. The number of rotatable bonds is 7. The fraction of sp³-hybridized carbons (Fsp3) is 0.421. The monoisotopic (exact) mass is 381 g/mol. The summed E-state index contributed by atoms with van der Waals surface area (Å²) in [5, 5.41) is 15.5. The van der Waals surface area contributed by atoms with Crippen molar-refractivity contribution in [1.29, 1.82) is 0 Å². The van der Waals surface area contributed by atoms with E-state index in [0.717, 1.165) is 23.4 Å². The summed E-state index contributed by atoms with van der Waals surface area (Å²) in [5.41, 5.74) is 3.22. The van der Waals surface area contributed by atoms with Crippen LogP contribution in [0.25, 0.3) is 0 Å². The van der Waals surface area contributed by atoms with E-state index >= 15 is 0 Å². The van der Waals surface area contributed by atoms with Crippen LogP contribution < -0.4 is 15.6 Å². The maximum Gasteiger partial charge on any atom is 0.290 e. The smallest absolute Gasteiger partial charge is 0.290 e. The van der Waals surface area contributed by atoms with Crippen molar-refractivity contribution in [3.63, 3.8) is 0 Å². The van der Waals surface area contributed by atoms with Crippen LogP contribution in [0.3, 0.4) is 0 Å². The number of hydrogen-bond donors (Lipinski definition) is 1. The topological polar surface area (TPSA) is 99.8 Å². The number of ether oxygens (including phenoxy) is 1. The van der Waals surface area contributed by atoms with Crippen LogP contribution in [-0.2, 0) is 20.6 Å². The van der Waals surface area contributed by atoms with Gasteiger partial charge in [-0.15, -0.1) is 5.10 Å². The van der Waals surface area contributed by atoms with Crippen LogP contribution >= 0.6 is 0 Å². The van der Waals surface area contributed by atoms with Gasteiger partial charge in [0, 0.05) is 43.9 Å². The average Bonchev–Trinajstić information content (AvgIpc) is 3.34. The van der Waals surface area contributed by atoms with Crippen molar-refractivity contribution in [2.45, 2.75) is 25.8 Å². The second-order valence-electron chi connectivity index (χ2n) is 7.18. The van der Waals surface area contributed by atoms with E-state index in [9.17, 15) is 4.79 Å². The molecule has 0 aromatic carbocycles. The SMILES string of the molecule is Cc1ccc([C@H]2C[C@@H]2COc2cc(NCc3cnn(C)n3)c(=O)n(C)n2)nc1. The second-order valence-corrected chi connectivity index (χ2v) is 7.18. The number of hydrogen-bond acceptors (Lipinski definition) is 7. The van der Waals surface area contributed by atoms with Crippen LogP contribution in [-0.4, -0.2) is 36.4 Å². The maximum atomic E-state index is 12.3. The third kappa shape index (κ3) is 4.03. The fourth-order valence-electron chi connectivity index (χ4n) is 3.12. The predicted molar refractivity (Wildman–Crippen MR) is 103 cm³/mol. The van der Waals surface area contributed by atoms with Crippen LogP contribution in [0, 0.1) is 12.8 Å². The molecular formula is C19H23N7O2. The molecule has 0 bridgehead atoms. The third-order valence-electron chi connectivity index (χ3n) is 4.83. The number of aromatic nitrogens is 6. The molecular weight excluding hydrogens is 358 g/mol. The zero-order chi connectivity index (χ0) is 19.7. The van der Waals surface area contributed by atoms with Gasteiger partial charge in [0.15, 0.2) is 0 Å². The number of nitrogens with zero attached hydrogens (tertiary/aromatic N) is 6. The highest BCUT2D eigenvalue weighted by atomic mass is 16.5. The van der Waals surface area contributed by atoms with E-state index in [1.54, 1.807) is 26.4 Å². The zero-order valence-corrected chi connectivity index (χ0v) is 16.2. The maximum absolute atomic E-state index is 12.3. The van der Waals surface area contributed by atoms with Gasteiger partial charge in [0.1, 0.15) is 11.4 Å². The van der Waals surface area contributed by atoms with Crippen molar-refractivity contribution in [2.24, 2.45) is 20.0 Å². The molecule has 4 rings (SSSR count). The van der Waals surface area contributed by atoms with Crippen molar-refractivity contribution >= 4 is 5.69 Å². The molecule has 1 aliphatic carbocycles. The Bertz CT molecular complexity index is 1030.